The Kier molecular flexibility index (Phi) is 8.35. The zero-order valence-electron chi connectivity index (χ0n) is 15.7. The number of nitrogens with one attached hydrogen (secondary N) is 1. The monoisotopic (exact) mass is 373 g/mol. The van der Waals surface area contributed by atoms with Crippen LogP contribution >= 0.6 is 11.8 Å². The first-order valence-corrected chi connectivity index (χ1v) is 10.1. The van der Waals surface area contributed by atoms with Crippen molar-refractivity contribution in [3.05, 3.63) is 53.6 Å². The van der Waals surface area contributed by atoms with Crippen LogP contribution in [0.2, 0.25) is 0 Å². The third kappa shape index (κ3) is 5.99. The Morgan fingerprint density at radius 1 is 1.00 bits per heavy atom. The minimum Gasteiger partial charge on any atom is -0.497 e. The summed E-state index contributed by atoms with van der Waals surface area (Å²) in [4.78, 5) is 12.3. The molecule has 26 heavy (non-hydrogen) atoms. The summed E-state index contributed by atoms with van der Waals surface area (Å²) in [6.45, 7) is 4.78. The molecule has 0 heterocycles. The number of para-hydroxylation sites is 1. The first-order valence-electron chi connectivity index (χ1n) is 8.93. The lowest BCUT2D eigenvalue weighted by Crippen LogP contribution is -2.17. The molecule has 0 saturated heterocycles. The maximum absolute atomic E-state index is 12.3. The highest BCUT2D eigenvalue weighted by Gasteiger charge is 2.10. The van der Waals surface area contributed by atoms with E-state index in [1.165, 1.54) is 11.1 Å². The molecule has 0 aliphatic carbocycles. The van der Waals surface area contributed by atoms with Gasteiger partial charge in [0.25, 0.3) is 0 Å². The topological polar surface area (TPSA) is 47.6 Å². The maximum Gasteiger partial charge on any atom is 0.234 e. The van der Waals surface area contributed by atoms with E-state index in [-0.39, 0.29) is 5.91 Å². The number of amides is 1. The van der Waals surface area contributed by atoms with Gasteiger partial charge in [-0.05, 0) is 48.2 Å². The molecule has 0 radical (unpaired) electrons. The van der Waals surface area contributed by atoms with Crippen LogP contribution in [0, 0.1) is 0 Å². The molecule has 5 heteroatoms. The highest BCUT2D eigenvalue weighted by molar-refractivity contribution is 7.99. The van der Waals surface area contributed by atoms with Crippen molar-refractivity contribution in [2.45, 2.75) is 26.7 Å². The van der Waals surface area contributed by atoms with E-state index in [0.717, 1.165) is 35.8 Å². The molecule has 0 aromatic heterocycles. The van der Waals surface area contributed by atoms with E-state index in [1.54, 1.807) is 18.9 Å². The molecular formula is C21H27NO3S. The number of carbonyl (C=O) groups excluding carboxylic acids is 1. The lowest BCUT2D eigenvalue weighted by Gasteiger charge is -2.14. The summed E-state index contributed by atoms with van der Waals surface area (Å²) in [5.41, 5.74) is 3.36. The van der Waals surface area contributed by atoms with Crippen molar-refractivity contribution in [1.29, 1.82) is 0 Å². The molecule has 0 fully saturated rings. The molecule has 0 atom stereocenters. The van der Waals surface area contributed by atoms with E-state index in [1.807, 2.05) is 24.3 Å². The van der Waals surface area contributed by atoms with Crippen LogP contribution < -0.4 is 14.8 Å². The molecule has 2 rings (SSSR count). The predicted octanol–water partition coefficient (Wildman–Crippen LogP) is 4.57. The van der Waals surface area contributed by atoms with Gasteiger partial charge in [0.05, 0.1) is 19.5 Å². The van der Waals surface area contributed by atoms with Crippen LogP contribution in [0.4, 0.5) is 5.69 Å². The van der Waals surface area contributed by atoms with Gasteiger partial charge in [0.15, 0.2) is 0 Å². The molecule has 4 nitrogen and oxygen atoms in total. The molecule has 0 saturated carbocycles. The predicted molar refractivity (Wildman–Crippen MR) is 110 cm³/mol. The molecular weight excluding hydrogens is 346 g/mol. The smallest absolute Gasteiger partial charge is 0.234 e. The van der Waals surface area contributed by atoms with Crippen LogP contribution in [0.15, 0.2) is 42.5 Å². The molecule has 140 valence electrons. The maximum atomic E-state index is 12.3. The standard InChI is InChI=1S/C21H27NO3S/c1-4-16-7-6-8-17(5-2)21(16)22-20(23)15-26-14-13-25-19-11-9-18(24-3)10-12-19/h6-12H,4-5,13-15H2,1-3H3,(H,22,23). The van der Waals surface area contributed by atoms with Crippen LogP contribution in [0.1, 0.15) is 25.0 Å². The number of ether oxygens (including phenoxy) is 2. The van der Waals surface area contributed by atoms with Crippen molar-refractivity contribution in [3.63, 3.8) is 0 Å². The molecule has 0 bridgehead atoms. The molecule has 1 amide bonds. The van der Waals surface area contributed by atoms with Gasteiger partial charge in [0, 0.05) is 11.4 Å². The summed E-state index contributed by atoms with van der Waals surface area (Å²) >= 11 is 1.57. The Morgan fingerprint density at radius 2 is 1.62 bits per heavy atom. The van der Waals surface area contributed by atoms with Crippen molar-refractivity contribution in [2.24, 2.45) is 0 Å². The van der Waals surface area contributed by atoms with Gasteiger partial charge in [-0.15, -0.1) is 11.8 Å². The fraction of sp³-hybridized carbons (Fsp3) is 0.381. The summed E-state index contributed by atoms with van der Waals surface area (Å²) < 4.78 is 10.8. The number of hydrogen-bond acceptors (Lipinski definition) is 4. The average Bonchev–Trinajstić information content (AvgIpc) is 2.68. The SMILES string of the molecule is CCc1cccc(CC)c1NC(=O)CSCCOc1ccc(OC)cc1. The number of benzene rings is 2. The van der Waals surface area contributed by atoms with Gasteiger partial charge in [-0.3, -0.25) is 4.79 Å². The summed E-state index contributed by atoms with van der Waals surface area (Å²) in [5, 5.41) is 3.09. The Morgan fingerprint density at radius 3 is 2.19 bits per heavy atom. The van der Waals surface area contributed by atoms with Crippen molar-refractivity contribution in [1.82, 2.24) is 0 Å². The zero-order chi connectivity index (χ0) is 18.8. The summed E-state index contributed by atoms with van der Waals surface area (Å²) in [6.07, 6.45) is 1.82. The van der Waals surface area contributed by atoms with E-state index in [9.17, 15) is 4.79 Å². The van der Waals surface area contributed by atoms with Gasteiger partial charge in [-0.1, -0.05) is 32.0 Å². The quantitative estimate of drug-likeness (QED) is 0.620. The largest absolute Gasteiger partial charge is 0.497 e. The third-order valence-corrected chi connectivity index (χ3v) is 4.97. The van der Waals surface area contributed by atoms with Crippen molar-refractivity contribution >= 4 is 23.4 Å². The fourth-order valence-corrected chi connectivity index (χ4v) is 3.24. The number of thioether (sulfide) groups is 1. The van der Waals surface area contributed by atoms with Crippen molar-refractivity contribution in [3.8, 4) is 11.5 Å². The highest BCUT2D eigenvalue weighted by Crippen LogP contribution is 2.23. The molecule has 0 unspecified atom stereocenters. The van der Waals surface area contributed by atoms with Crippen molar-refractivity contribution in [2.75, 3.05) is 30.5 Å². The number of carbonyl (C=O) groups is 1. The second kappa shape index (κ2) is 10.8. The minimum absolute atomic E-state index is 0.0371. The van der Waals surface area contributed by atoms with E-state index < -0.39 is 0 Å². The Bertz CT molecular complexity index is 679. The number of rotatable bonds is 10. The van der Waals surface area contributed by atoms with E-state index in [0.29, 0.717) is 12.4 Å². The third-order valence-electron chi connectivity index (χ3n) is 4.05. The zero-order valence-corrected chi connectivity index (χ0v) is 16.5. The van der Waals surface area contributed by atoms with Gasteiger partial charge in [0.2, 0.25) is 5.91 Å². The lowest BCUT2D eigenvalue weighted by atomic mass is 10.0. The Balaban J connectivity index is 1.74. The second-order valence-electron chi connectivity index (χ2n) is 5.78. The molecule has 1 N–H and O–H groups in total. The first-order chi connectivity index (χ1) is 12.7. The van der Waals surface area contributed by atoms with Crippen LogP contribution in [0.25, 0.3) is 0 Å². The van der Waals surface area contributed by atoms with Gasteiger partial charge in [-0.2, -0.15) is 0 Å². The van der Waals surface area contributed by atoms with Gasteiger partial charge < -0.3 is 14.8 Å². The van der Waals surface area contributed by atoms with Crippen LogP contribution in [-0.2, 0) is 17.6 Å². The first kappa shape index (κ1) is 20.2. The van der Waals surface area contributed by atoms with Crippen LogP contribution in [0.5, 0.6) is 11.5 Å². The number of methoxy groups -OCH3 is 1. The molecule has 2 aromatic carbocycles. The summed E-state index contributed by atoms with van der Waals surface area (Å²) in [6, 6.07) is 13.7. The summed E-state index contributed by atoms with van der Waals surface area (Å²) in [5.74, 6) is 2.83. The van der Waals surface area contributed by atoms with E-state index in [4.69, 9.17) is 9.47 Å². The van der Waals surface area contributed by atoms with Gasteiger partial charge in [-0.25, -0.2) is 0 Å². The van der Waals surface area contributed by atoms with Gasteiger partial charge >= 0.3 is 0 Å². The summed E-state index contributed by atoms with van der Waals surface area (Å²) in [7, 11) is 1.64. The highest BCUT2D eigenvalue weighted by atomic mass is 32.2. The van der Waals surface area contributed by atoms with E-state index in [2.05, 4.69) is 37.4 Å². The molecule has 2 aromatic rings. The number of aryl methyl sites for hydroxylation is 2. The Labute approximate surface area is 160 Å². The second-order valence-corrected chi connectivity index (χ2v) is 6.89. The van der Waals surface area contributed by atoms with E-state index >= 15 is 0 Å². The van der Waals surface area contributed by atoms with Crippen molar-refractivity contribution < 1.29 is 14.3 Å². The number of hydrogen-bond donors (Lipinski definition) is 1. The molecule has 0 aliphatic rings. The minimum atomic E-state index is 0.0371. The normalized spacial score (nSPS) is 10.4. The Hall–Kier alpha value is -2.14. The fourth-order valence-electron chi connectivity index (χ4n) is 2.63. The van der Waals surface area contributed by atoms with Crippen LogP contribution in [-0.4, -0.2) is 31.1 Å². The van der Waals surface area contributed by atoms with Crippen LogP contribution in [0.3, 0.4) is 0 Å². The van der Waals surface area contributed by atoms with Gasteiger partial charge in [0.1, 0.15) is 11.5 Å². The average molecular weight is 374 g/mol. The molecule has 0 spiro atoms. The number of anilines is 1. The lowest BCUT2D eigenvalue weighted by molar-refractivity contribution is -0.113. The molecule has 0 aliphatic heterocycles.